The summed E-state index contributed by atoms with van der Waals surface area (Å²) < 4.78 is 0. The van der Waals surface area contributed by atoms with Crippen molar-refractivity contribution >= 4 is 28.0 Å². The van der Waals surface area contributed by atoms with Crippen LogP contribution in [0.1, 0.15) is 34.0 Å². The highest BCUT2D eigenvalue weighted by Crippen LogP contribution is 2.23. The number of aromatic amines is 1. The molecule has 0 fully saturated rings. The maximum atomic E-state index is 12.5. The molecule has 3 heterocycles. The molecule has 3 aromatic rings. The standard InChI is InChI=1S/C14H14N4OS/c1-8(15-2)12-7-20-14(18-12)13(19)10-6-17-11-3-4-16-5-9(10)11/h3-8,15,17H,1-2H3. The molecule has 2 N–H and O–H groups in total. The van der Waals surface area contributed by atoms with E-state index in [4.69, 9.17) is 0 Å². The Kier molecular flexibility index (Phi) is 3.33. The normalized spacial score (nSPS) is 12.7. The Morgan fingerprint density at radius 2 is 2.35 bits per heavy atom. The lowest BCUT2D eigenvalue weighted by atomic mass is 10.1. The van der Waals surface area contributed by atoms with Gasteiger partial charge in [-0.25, -0.2) is 4.98 Å². The smallest absolute Gasteiger partial charge is 0.223 e. The van der Waals surface area contributed by atoms with Gasteiger partial charge in [-0.1, -0.05) is 0 Å². The van der Waals surface area contributed by atoms with Crippen molar-refractivity contribution in [3.8, 4) is 0 Å². The lowest BCUT2D eigenvalue weighted by Crippen LogP contribution is -2.13. The van der Waals surface area contributed by atoms with E-state index in [1.807, 2.05) is 25.4 Å². The fourth-order valence-corrected chi connectivity index (χ4v) is 2.87. The minimum absolute atomic E-state index is 0.0659. The van der Waals surface area contributed by atoms with Crippen molar-refractivity contribution in [1.29, 1.82) is 0 Å². The molecule has 1 atom stereocenters. The first-order valence-electron chi connectivity index (χ1n) is 6.29. The second-order valence-electron chi connectivity index (χ2n) is 4.54. The second-order valence-corrected chi connectivity index (χ2v) is 5.40. The minimum atomic E-state index is -0.0659. The first kappa shape index (κ1) is 13.0. The number of thiazole rings is 1. The van der Waals surface area contributed by atoms with E-state index in [9.17, 15) is 4.79 Å². The number of pyridine rings is 1. The molecule has 0 aliphatic heterocycles. The molecule has 0 radical (unpaired) electrons. The molecule has 0 aliphatic carbocycles. The summed E-state index contributed by atoms with van der Waals surface area (Å²) in [6.45, 7) is 2.01. The van der Waals surface area contributed by atoms with Crippen LogP contribution in [0.2, 0.25) is 0 Å². The van der Waals surface area contributed by atoms with Crippen LogP contribution in [0.15, 0.2) is 30.0 Å². The molecule has 0 aliphatic rings. The lowest BCUT2D eigenvalue weighted by Gasteiger charge is -2.04. The van der Waals surface area contributed by atoms with Crippen molar-refractivity contribution in [3.63, 3.8) is 0 Å². The van der Waals surface area contributed by atoms with Gasteiger partial charge in [0.15, 0.2) is 5.01 Å². The van der Waals surface area contributed by atoms with Gasteiger partial charge in [0.05, 0.1) is 11.3 Å². The monoisotopic (exact) mass is 286 g/mol. The fraction of sp³-hybridized carbons (Fsp3) is 0.214. The molecule has 0 amide bonds. The minimum Gasteiger partial charge on any atom is -0.360 e. The maximum absolute atomic E-state index is 12.5. The lowest BCUT2D eigenvalue weighted by molar-refractivity contribution is 0.103. The maximum Gasteiger partial charge on any atom is 0.223 e. The van der Waals surface area contributed by atoms with Crippen LogP contribution in [0.4, 0.5) is 0 Å². The Hall–Kier alpha value is -2.05. The number of nitrogens with zero attached hydrogens (tertiary/aromatic N) is 2. The van der Waals surface area contributed by atoms with Crippen molar-refractivity contribution in [1.82, 2.24) is 20.3 Å². The third-order valence-corrected chi connectivity index (χ3v) is 4.18. The van der Waals surface area contributed by atoms with Gasteiger partial charge in [-0.2, -0.15) is 0 Å². The SMILES string of the molecule is CNC(C)c1csc(C(=O)c2c[nH]c3ccncc23)n1. The Morgan fingerprint density at radius 1 is 1.50 bits per heavy atom. The third kappa shape index (κ3) is 2.13. The summed E-state index contributed by atoms with van der Waals surface area (Å²) in [5.41, 5.74) is 2.41. The van der Waals surface area contributed by atoms with E-state index in [0.29, 0.717) is 10.6 Å². The van der Waals surface area contributed by atoms with Crippen LogP contribution in [0.3, 0.4) is 0 Å². The molecule has 0 spiro atoms. The van der Waals surface area contributed by atoms with Gasteiger partial charge < -0.3 is 10.3 Å². The van der Waals surface area contributed by atoms with Crippen LogP contribution in [-0.2, 0) is 0 Å². The first-order chi connectivity index (χ1) is 9.70. The number of hydrogen-bond donors (Lipinski definition) is 2. The van der Waals surface area contributed by atoms with E-state index in [1.165, 1.54) is 11.3 Å². The first-order valence-corrected chi connectivity index (χ1v) is 7.17. The molecule has 0 bridgehead atoms. The van der Waals surface area contributed by atoms with Crippen LogP contribution in [0.25, 0.3) is 10.9 Å². The summed E-state index contributed by atoms with van der Waals surface area (Å²) in [4.78, 5) is 24.1. The molecule has 6 heteroatoms. The zero-order valence-electron chi connectivity index (χ0n) is 11.2. The topological polar surface area (TPSA) is 70.7 Å². The average molecular weight is 286 g/mol. The molecule has 3 aromatic heterocycles. The van der Waals surface area contributed by atoms with Crippen molar-refractivity contribution < 1.29 is 4.79 Å². The van der Waals surface area contributed by atoms with E-state index in [1.54, 1.807) is 18.6 Å². The summed E-state index contributed by atoms with van der Waals surface area (Å²) in [6, 6.07) is 1.99. The molecule has 0 saturated heterocycles. The molecule has 5 nitrogen and oxygen atoms in total. The number of rotatable bonds is 4. The van der Waals surface area contributed by atoms with Crippen LogP contribution in [0, 0.1) is 0 Å². The van der Waals surface area contributed by atoms with Gasteiger partial charge in [-0.05, 0) is 20.0 Å². The van der Waals surface area contributed by atoms with Gasteiger partial charge in [0.25, 0.3) is 0 Å². The van der Waals surface area contributed by atoms with E-state index >= 15 is 0 Å². The van der Waals surface area contributed by atoms with Crippen LogP contribution >= 0.6 is 11.3 Å². The van der Waals surface area contributed by atoms with Crippen LogP contribution in [-0.4, -0.2) is 27.8 Å². The average Bonchev–Trinajstić information content (AvgIpc) is 3.12. The summed E-state index contributed by atoms with van der Waals surface area (Å²) in [5, 5.41) is 6.37. The Morgan fingerprint density at radius 3 is 3.15 bits per heavy atom. The number of carbonyl (C=O) groups excluding carboxylic acids is 1. The van der Waals surface area contributed by atoms with E-state index in [2.05, 4.69) is 20.3 Å². The highest BCUT2D eigenvalue weighted by molar-refractivity contribution is 7.12. The Bertz CT molecular complexity index is 761. The predicted molar refractivity (Wildman–Crippen MR) is 79.1 cm³/mol. The summed E-state index contributed by atoms with van der Waals surface area (Å²) in [5.74, 6) is -0.0659. The molecule has 20 heavy (non-hydrogen) atoms. The van der Waals surface area contributed by atoms with Gasteiger partial charge in [-0.15, -0.1) is 11.3 Å². The molecule has 1 unspecified atom stereocenters. The molecule has 0 aromatic carbocycles. The van der Waals surface area contributed by atoms with Crippen LogP contribution in [0.5, 0.6) is 0 Å². The predicted octanol–water partition coefficient (Wildman–Crippen LogP) is 2.53. The van der Waals surface area contributed by atoms with Gasteiger partial charge in [-0.3, -0.25) is 9.78 Å². The molecule has 0 saturated carbocycles. The molecular formula is C14H14N4OS. The van der Waals surface area contributed by atoms with Gasteiger partial charge in [0.1, 0.15) is 0 Å². The van der Waals surface area contributed by atoms with E-state index in [0.717, 1.165) is 16.6 Å². The Balaban J connectivity index is 1.98. The van der Waals surface area contributed by atoms with Crippen molar-refractivity contribution in [2.75, 3.05) is 7.05 Å². The number of nitrogens with one attached hydrogen (secondary N) is 2. The van der Waals surface area contributed by atoms with Crippen molar-refractivity contribution in [3.05, 3.63) is 46.3 Å². The van der Waals surface area contributed by atoms with Crippen molar-refractivity contribution in [2.45, 2.75) is 13.0 Å². The number of fused-ring (bicyclic) bond motifs is 1. The summed E-state index contributed by atoms with van der Waals surface area (Å²) in [6.07, 6.45) is 5.12. The molecular weight excluding hydrogens is 272 g/mol. The molecule has 102 valence electrons. The van der Waals surface area contributed by atoms with Crippen LogP contribution < -0.4 is 5.32 Å². The molecule has 3 rings (SSSR count). The fourth-order valence-electron chi connectivity index (χ4n) is 2.00. The highest BCUT2D eigenvalue weighted by atomic mass is 32.1. The number of hydrogen-bond acceptors (Lipinski definition) is 5. The van der Waals surface area contributed by atoms with Gasteiger partial charge >= 0.3 is 0 Å². The second kappa shape index (κ2) is 5.15. The van der Waals surface area contributed by atoms with E-state index in [-0.39, 0.29) is 11.8 Å². The largest absolute Gasteiger partial charge is 0.360 e. The number of ketones is 1. The number of H-pyrrole nitrogens is 1. The summed E-state index contributed by atoms with van der Waals surface area (Å²) >= 11 is 1.37. The summed E-state index contributed by atoms with van der Waals surface area (Å²) in [7, 11) is 1.87. The Labute approximate surface area is 120 Å². The zero-order chi connectivity index (χ0) is 14.1. The van der Waals surface area contributed by atoms with Gasteiger partial charge in [0, 0.05) is 40.9 Å². The van der Waals surface area contributed by atoms with Crippen molar-refractivity contribution in [2.24, 2.45) is 0 Å². The zero-order valence-corrected chi connectivity index (χ0v) is 12.0. The van der Waals surface area contributed by atoms with E-state index < -0.39 is 0 Å². The highest BCUT2D eigenvalue weighted by Gasteiger charge is 2.18. The quantitative estimate of drug-likeness (QED) is 0.723. The third-order valence-electron chi connectivity index (χ3n) is 3.32. The van der Waals surface area contributed by atoms with Gasteiger partial charge in [0.2, 0.25) is 5.78 Å². The number of aromatic nitrogens is 3. The number of carbonyl (C=O) groups is 1.